The molecule has 1 aromatic carbocycles. The first-order valence-corrected chi connectivity index (χ1v) is 7.55. The number of hydrogen-bond donors (Lipinski definition) is 1. The molecule has 0 bridgehead atoms. The second-order valence-corrected chi connectivity index (χ2v) is 6.14. The number of benzene rings is 1. The Balaban J connectivity index is 1.70. The van der Waals surface area contributed by atoms with E-state index < -0.39 is 0 Å². The van der Waals surface area contributed by atoms with E-state index in [1.807, 2.05) is 17.3 Å². The van der Waals surface area contributed by atoms with Crippen LogP contribution in [-0.4, -0.2) is 10.7 Å². The Morgan fingerprint density at radius 1 is 1.41 bits per heavy atom. The van der Waals surface area contributed by atoms with Gasteiger partial charge in [0.05, 0.1) is 11.2 Å². The van der Waals surface area contributed by atoms with Crippen LogP contribution in [0.4, 0.5) is 0 Å². The maximum Gasteiger partial charge on any atom is 0.0798 e. The lowest BCUT2D eigenvalue weighted by atomic mass is 10.1. The average Bonchev–Trinajstić information content (AvgIpc) is 2.93. The highest BCUT2D eigenvalue weighted by molar-refractivity contribution is 7.99. The van der Waals surface area contributed by atoms with E-state index in [2.05, 4.69) is 41.5 Å². The van der Waals surface area contributed by atoms with Crippen molar-refractivity contribution in [1.29, 1.82) is 0 Å². The summed E-state index contributed by atoms with van der Waals surface area (Å²) in [5.74, 6) is 1.14. The summed E-state index contributed by atoms with van der Waals surface area (Å²) in [6.07, 6.45) is 0. The molecule has 0 fully saturated rings. The van der Waals surface area contributed by atoms with Crippen LogP contribution in [0.3, 0.4) is 0 Å². The highest BCUT2D eigenvalue weighted by Crippen LogP contribution is 2.37. The minimum absolute atomic E-state index is 0.484. The predicted molar refractivity (Wildman–Crippen MR) is 73.6 cm³/mol. The molecule has 0 saturated carbocycles. The SMILES string of the molecule is Cc1ncsc1CNC1CSc2ccccc21. The fraction of sp³-hybridized carbons (Fsp3) is 0.308. The number of aromatic nitrogens is 1. The molecule has 2 nitrogen and oxygen atoms in total. The number of nitrogens with zero attached hydrogens (tertiary/aromatic N) is 1. The van der Waals surface area contributed by atoms with Crippen molar-refractivity contribution in [3.63, 3.8) is 0 Å². The minimum atomic E-state index is 0.484. The zero-order valence-electron chi connectivity index (χ0n) is 9.64. The van der Waals surface area contributed by atoms with Gasteiger partial charge in [0.25, 0.3) is 0 Å². The molecule has 1 aliphatic rings. The lowest BCUT2D eigenvalue weighted by Crippen LogP contribution is -2.20. The number of fused-ring (bicyclic) bond motifs is 1. The van der Waals surface area contributed by atoms with E-state index in [0.717, 1.165) is 18.0 Å². The number of nitrogens with one attached hydrogen (secondary N) is 1. The normalized spacial score (nSPS) is 18.3. The van der Waals surface area contributed by atoms with E-state index in [-0.39, 0.29) is 0 Å². The van der Waals surface area contributed by atoms with E-state index in [1.165, 1.54) is 15.3 Å². The summed E-state index contributed by atoms with van der Waals surface area (Å²) in [7, 11) is 0. The number of aryl methyl sites for hydroxylation is 1. The van der Waals surface area contributed by atoms with Gasteiger partial charge in [-0.1, -0.05) is 18.2 Å². The van der Waals surface area contributed by atoms with Crippen LogP contribution < -0.4 is 5.32 Å². The third-order valence-electron chi connectivity index (χ3n) is 3.05. The number of rotatable bonds is 3. The van der Waals surface area contributed by atoms with Gasteiger partial charge >= 0.3 is 0 Å². The smallest absolute Gasteiger partial charge is 0.0798 e. The molecule has 1 aromatic heterocycles. The summed E-state index contributed by atoms with van der Waals surface area (Å²) in [6.45, 7) is 3.00. The van der Waals surface area contributed by atoms with E-state index in [9.17, 15) is 0 Å². The Morgan fingerprint density at radius 3 is 3.12 bits per heavy atom. The van der Waals surface area contributed by atoms with Crippen molar-refractivity contribution in [2.75, 3.05) is 5.75 Å². The monoisotopic (exact) mass is 262 g/mol. The molecule has 2 aromatic rings. The summed E-state index contributed by atoms with van der Waals surface area (Å²) < 4.78 is 0. The van der Waals surface area contributed by atoms with Gasteiger partial charge in [0, 0.05) is 28.1 Å². The molecule has 0 saturated heterocycles. The van der Waals surface area contributed by atoms with Crippen LogP contribution in [0.2, 0.25) is 0 Å². The Kier molecular flexibility index (Phi) is 3.18. The Bertz CT molecular complexity index is 522. The van der Waals surface area contributed by atoms with E-state index in [4.69, 9.17) is 0 Å². The number of hydrogen-bond acceptors (Lipinski definition) is 4. The van der Waals surface area contributed by atoms with Crippen LogP contribution in [-0.2, 0) is 6.54 Å². The molecular formula is C13H14N2S2. The number of thiazole rings is 1. The van der Waals surface area contributed by atoms with Crippen molar-refractivity contribution in [3.8, 4) is 0 Å². The lowest BCUT2D eigenvalue weighted by Gasteiger charge is -2.12. The van der Waals surface area contributed by atoms with Gasteiger partial charge in [0.1, 0.15) is 0 Å². The van der Waals surface area contributed by atoms with Gasteiger partial charge in [0.2, 0.25) is 0 Å². The molecule has 0 aliphatic carbocycles. The maximum absolute atomic E-state index is 4.28. The summed E-state index contributed by atoms with van der Waals surface area (Å²) in [5, 5.41) is 3.63. The molecule has 1 unspecified atom stereocenters. The summed E-state index contributed by atoms with van der Waals surface area (Å²) in [6, 6.07) is 9.16. The van der Waals surface area contributed by atoms with Crippen molar-refractivity contribution >= 4 is 23.1 Å². The topological polar surface area (TPSA) is 24.9 Å². The van der Waals surface area contributed by atoms with Gasteiger partial charge < -0.3 is 5.32 Å². The number of thioether (sulfide) groups is 1. The van der Waals surface area contributed by atoms with Gasteiger partial charge in [-0.3, -0.25) is 0 Å². The molecule has 17 heavy (non-hydrogen) atoms. The molecule has 0 spiro atoms. The van der Waals surface area contributed by atoms with Gasteiger partial charge in [-0.05, 0) is 18.6 Å². The zero-order chi connectivity index (χ0) is 11.7. The van der Waals surface area contributed by atoms with Gasteiger partial charge in [-0.25, -0.2) is 4.98 Å². The van der Waals surface area contributed by atoms with Crippen molar-refractivity contribution < 1.29 is 0 Å². The fourth-order valence-corrected chi connectivity index (χ4v) is 3.97. The molecule has 1 N–H and O–H groups in total. The second kappa shape index (κ2) is 4.80. The van der Waals surface area contributed by atoms with Crippen molar-refractivity contribution in [3.05, 3.63) is 45.9 Å². The van der Waals surface area contributed by atoms with E-state index in [1.54, 1.807) is 11.3 Å². The fourth-order valence-electron chi connectivity index (χ4n) is 2.04. The molecule has 0 amide bonds. The molecule has 88 valence electrons. The van der Waals surface area contributed by atoms with Gasteiger partial charge in [-0.2, -0.15) is 0 Å². The first-order valence-electron chi connectivity index (χ1n) is 5.68. The first-order chi connectivity index (χ1) is 8.34. The maximum atomic E-state index is 4.28. The Morgan fingerprint density at radius 2 is 2.29 bits per heavy atom. The largest absolute Gasteiger partial charge is 0.304 e. The van der Waals surface area contributed by atoms with Crippen LogP contribution in [0.15, 0.2) is 34.7 Å². The van der Waals surface area contributed by atoms with Gasteiger partial charge in [0.15, 0.2) is 0 Å². The molecule has 3 rings (SSSR count). The summed E-state index contributed by atoms with van der Waals surface area (Å²) >= 11 is 3.68. The van der Waals surface area contributed by atoms with Crippen LogP contribution in [0.25, 0.3) is 0 Å². The van der Waals surface area contributed by atoms with Crippen molar-refractivity contribution in [2.45, 2.75) is 24.4 Å². The minimum Gasteiger partial charge on any atom is -0.304 e. The average molecular weight is 262 g/mol. The lowest BCUT2D eigenvalue weighted by molar-refractivity contribution is 0.586. The van der Waals surface area contributed by atoms with E-state index in [0.29, 0.717) is 6.04 Å². The second-order valence-electron chi connectivity index (χ2n) is 4.14. The molecule has 1 atom stereocenters. The van der Waals surface area contributed by atoms with E-state index >= 15 is 0 Å². The van der Waals surface area contributed by atoms with Crippen LogP contribution in [0.5, 0.6) is 0 Å². The molecule has 2 heterocycles. The Hall–Kier alpha value is -0.840. The standard InChI is InChI=1S/C13H14N2S2/c1-9-13(17-8-15-9)6-14-11-7-16-12-5-3-2-4-10(11)12/h2-5,8,11,14H,6-7H2,1H3. The summed E-state index contributed by atoms with van der Waals surface area (Å²) in [5.41, 5.74) is 4.52. The quantitative estimate of drug-likeness (QED) is 0.918. The molecule has 1 aliphatic heterocycles. The summed E-state index contributed by atoms with van der Waals surface area (Å²) in [4.78, 5) is 7.05. The molecular weight excluding hydrogens is 248 g/mol. The van der Waals surface area contributed by atoms with Crippen molar-refractivity contribution in [1.82, 2.24) is 10.3 Å². The van der Waals surface area contributed by atoms with Crippen LogP contribution >= 0.6 is 23.1 Å². The Labute approximate surface area is 109 Å². The van der Waals surface area contributed by atoms with Crippen LogP contribution in [0, 0.1) is 6.92 Å². The first kappa shape index (κ1) is 11.3. The third-order valence-corrected chi connectivity index (χ3v) is 5.17. The highest BCUT2D eigenvalue weighted by atomic mass is 32.2. The van der Waals surface area contributed by atoms with Crippen molar-refractivity contribution in [2.24, 2.45) is 0 Å². The molecule has 0 radical (unpaired) electrons. The van der Waals surface area contributed by atoms with Gasteiger partial charge in [-0.15, -0.1) is 23.1 Å². The zero-order valence-corrected chi connectivity index (χ0v) is 11.3. The highest BCUT2D eigenvalue weighted by Gasteiger charge is 2.22. The molecule has 4 heteroatoms. The third kappa shape index (κ3) is 2.25. The predicted octanol–water partition coefficient (Wildman–Crippen LogP) is 3.39. The van der Waals surface area contributed by atoms with Crippen LogP contribution in [0.1, 0.15) is 22.2 Å².